The van der Waals surface area contributed by atoms with Crippen molar-refractivity contribution in [3.05, 3.63) is 10.8 Å². The molecule has 1 aromatic heterocycles. The van der Waals surface area contributed by atoms with Crippen molar-refractivity contribution in [2.75, 3.05) is 37.0 Å². The van der Waals surface area contributed by atoms with Gasteiger partial charge in [-0.15, -0.1) is 0 Å². The van der Waals surface area contributed by atoms with Crippen LogP contribution >= 0.6 is 15.9 Å². The van der Waals surface area contributed by atoms with E-state index in [2.05, 4.69) is 36.6 Å². The zero-order chi connectivity index (χ0) is 14.5. The predicted octanol–water partition coefficient (Wildman–Crippen LogP) is 0.184. The van der Waals surface area contributed by atoms with E-state index in [0.717, 1.165) is 0 Å². The van der Waals surface area contributed by atoms with E-state index in [0.29, 0.717) is 42.4 Å². The molecule has 9 heteroatoms. The Morgan fingerprint density at radius 3 is 2.75 bits per heavy atom. The zero-order valence-corrected chi connectivity index (χ0v) is 12.7. The number of morpholine rings is 1. The van der Waals surface area contributed by atoms with Crippen LogP contribution in [0.3, 0.4) is 0 Å². The SMILES string of the molecule is CC(Nc1ncnc(NN)c1Br)C(=O)N1CCOCC1. The number of carbonyl (C=O) groups excluding carboxylic acids is 1. The molecule has 1 saturated heterocycles. The molecule has 8 nitrogen and oxygen atoms in total. The molecule has 1 fully saturated rings. The number of rotatable bonds is 4. The van der Waals surface area contributed by atoms with Gasteiger partial charge in [-0.3, -0.25) is 4.79 Å². The van der Waals surface area contributed by atoms with Crippen LogP contribution in [0.25, 0.3) is 0 Å². The molecular formula is C11H17BrN6O2. The maximum absolute atomic E-state index is 12.3. The zero-order valence-electron chi connectivity index (χ0n) is 11.1. The van der Waals surface area contributed by atoms with Crippen molar-refractivity contribution < 1.29 is 9.53 Å². The topological polar surface area (TPSA) is 105 Å². The molecule has 1 aromatic rings. The Kier molecular flexibility index (Phi) is 5.10. The van der Waals surface area contributed by atoms with Crippen LogP contribution < -0.4 is 16.6 Å². The van der Waals surface area contributed by atoms with Gasteiger partial charge in [-0.25, -0.2) is 15.8 Å². The van der Waals surface area contributed by atoms with Crippen molar-refractivity contribution in [3.63, 3.8) is 0 Å². The molecule has 2 heterocycles. The minimum Gasteiger partial charge on any atom is -0.378 e. The average molecular weight is 345 g/mol. The summed E-state index contributed by atoms with van der Waals surface area (Å²) < 4.78 is 5.82. The summed E-state index contributed by atoms with van der Waals surface area (Å²) in [5.74, 6) is 6.32. The molecule has 1 atom stereocenters. The summed E-state index contributed by atoms with van der Waals surface area (Å²) in [5.41, 5.74) is 2.45. The van der Waals surface area contributed by atoms with Gasteiger partial charge < -0.3 is 20.4 Å². The molecule has 0 radical (unpaired) electrons. The van der Waals surface area contributed by atoms with E-state index in [4.69, 9.17) is 10.6 Å². The van der Waals surface area contributed by atoms with Crippen molar-refractivity contribution in [3.8, 4) is 0 Å². The Bertz CT molecular complexity index is 480. The van der Waals surface area contributed by atoms with Crippen molar-refractivity contribution in [2.24, 2.45) is 5.84 Å². The Morgan fingerprint density at radius 1 is 1.45 bits per heavy atom. The second-order valence-corrected chi connectivity index (χ2v) is 5.13. The molecule has 1 aliphatic heterocycles. The van der Waals surface area contributed by atoms with Gasteiger partial charge in [-0.1, -0.05) is 0 Å². The molecule has 4 N–H and O–H groups in total. The summed E-state index contributed by atoms with van der Waals surface area (Å²) in [7, 11) is 0. The third kappa shape index (κ3) is 3.35. The summed E-state index contributed by atoms with van der Waals surface area (Å²) in [6, 6.07) is -0.398. The fourth-order valence-corrected chi connectivity index (χ4v) is 2.33. The minimum atomic E-state index is -0.398. The van der Waals surface area contributed by atoms with Crippen LogP contribution in [0.4, 0.5) is 11.6 Å². The number of nitrogen functional groups attached to an aromatic ring is 1. The third-order valence-electron chi connectivity index (χ3n) is 2.97. The fraction of sp³-hybridized carbons (Fsp3) is 0.545. The fourth-order valence-electron chi connectivity index (χ4n) is 1.90. The first-order valence-electron chi connectivity index (χ1n) is 6.23. The number of carbonyl (C=O) groups is 1. The van der Waals surface area contributed by atoms with Gasteiger partial charge in [-0.2, -0.15) is 0 Å². The lowest BCUT2D eigenvalue weighted by Gasteiger charge is -2.29. The van der Waals surface area contributed by atoms with Crippen LogP contribution in [0.5, 0.6) is 0 Å². The van der Waals surface area contributed by atoms with Gasteiger partial charge in [0.15, 0.2) is 5.82 Å². The molecule has 0 bridgehead atoms. The molecule has 1 unspecified atom stereocenters. The minimum absolute atomic E-state index is 0.0149. The summed E-state index contributed by atoms with van der Waals surface area (Å²) in [5, 5.41) is 3.06. The first-order valence-corrected chi connectivity index (χ1v) is 7.03. The van der Waals surface area contributed by atoms with Crippen LogP contribution in [-0.2, 0) is 9.53 Å². The molecule has 0 aromatic carbocycles. The van der Waals surface area contributed by atoms with E-state index in [1.165, 1.54) is 6.33 Å². The molecule has 1 aliphatic rings. The van der Waals surface area contributed by atoms with E-state index >= 15 is 0 Å². The normalized spacial score (nSPS) is 16.6. The second-order valence-electron chi connectivity index (χ2n) is 4.33. The molecule has 1 amide bonds. The molecule has 0 aliphatic carbocycles. The number of anilines is 2. The van der Waals surface area contributed by atoms with Crippen molar-refractivity contribution >= 4 is 33.5 Å². The van der Waals surface area contributed by atoms with Crippen LogP contribution in [0, 0.1) is 0 Å². The summed E-state index contributed by atoms with van der Waals surface area (Å²) in [4.78, 5) is 22.1. The Hall–Kier alpha value is -1.45. The van der Waals surface area contributed by atoms with Crippen LogP contribution in [0.2, 0.25) is 0 Å². The highest BCUT2D eigenvalue weighted by Gasteiger charge is 2.23. The average Bonchev–Trinajstić information content (AvgIpc) is 2.49. The van der Waals surface area contributed by atoms with Crippen LogP contribution in [-0.4, -0.2) is 53.1 Å². The number of hydrogen-bond donors (Lipinski definition) is 3. The van der Waals surface area contributed by atoms with E-state index in [1.807, 2.05) is 0 Å². The smallest absolute Gasteiger partial charge is 0.244 e. The lowest BCUT2D eigenvalue weighted by molar-refractivity contribution is -0.135. The van der Waals surface area contributed by atoms with E-state index in [1.54, 1.807) is 11.8 Å². The summed E-state index contributed by atoms with van der Waals surface area (Å²) in [6.07, 6.45) is 1.37. The van der Waals surface area contributed by atoms with Gasteiger partial charge in [-0.05, 0) is 22.9 Å². The Morgan fingerprint density at radius 2 is 2.10 bits per heavy atom. The number of nitrogens with two attached hydrogens (primary N) is 1. The number of halogens is 1. The van der Waals surface area contributed by atoms with Gasteiger partial charge >= 0.3 is 0 Å². The lowest BCUT2D eigenvalue weighted by atomic mass is 10.2. The van der Waals surface area contributed by atoms with Gasteiger partial charge in [0.2, 0.25) is 5.91 Å². The highest BCUT2D eigenvalue weighted by molar-refractivity contribution is 9.10. The van der Waals surface area contributed by atoms with E-state index < -0.39 is 6.04 Å². The molecular weight excluding hydrogens is 328 g/mol. The number of amides is 1. The number of aromatic nitrogens is 2. The first-order chi connectivity index (χ1) is 9.63. The van der Waals surface area contributed by atoms with Gasteiger partial charge in [0.05, 0.1) is 13.2 Å². The van der Waals surface area contributed by atoms with Crippen molar-refractivity contribution in [1.82, 2.24) is 14.9 Å². The van der Waals surface area contributed by atoms with Crippen molar-refractivity contribution in [1.29, 1.82) is 0 Å². The number of hydrogen-bond acceptors (Lipinski definition) is 7. The molecule has 0 spiro atoms. The molecule has 2 rings (SSSR count). The van der Waals surface area contributed by atoms with E-state index in [9.17, 15) is 4.79 Å². The number of ether oxygens (including phenoxy) is 1. The summed E-state index contributed by atoms with van der Waals surface area (Å²) >= 11 is 3.34. The molecule has 110 valence electrons. The largest absolute Gasteiger partial charge is 0.378 e. The van der Waals surface area contributed by atoms with Crippen LogP contribution in [0.15, 0.2) is 10.8 Å². The van der Waals surface area contributed by atoms with Crippen molar-refractivity contribution in [2.45, 2.75) is 13.0 Å². The molecule has 20 heavy (non-hydrogen) atoms. The highest BCUT2D eigenvalue weighted by Crippen LogP contribution is 2.26. The Balaban J connectivity index is 2.03. The third-order valence-corrected chi connectivity index (χ3v) is 3.72. The number of nitrogens with one attached hydrogen (secondary N) is 2. The van der Waals surface area contributed by atoms with Gasteiger partial charge in [0.25, 0.3) is 0 Å². The Labute approximate surface area is 125 Å². The maximum atomic E-state index is 12.3. The predicted molar refractivity (Wildman–Crippen MR) is 78.0 cm³/mol. The van der Waals surface area contributed by atoms with E-state index in [-0.39, 0.29) is 5.91 Å². The lowest BCUT2D eigenvalue weighted by Crippen LogP contribution is -2.47. The second kappa shape index (κ2) is 6.82. The first kappa shape index (κ1) is 14.9. The summed E-state index contributed by atoms with van der Waals surface area (Å²) in [6.45, 7) is 4.19. The van der Waals surface area contributed by atoms with Crippen LogP contribution in [0.1, 0.15) is 6.92 Å². The highest BCUT2D eigenvalue weighted by atomic mass is 79.9. The quantitative estimate of drug-likeness (QED) is 0.528. The monoisotopic (exact) mass is 344 g/mol. The van der Waals surface area contributed by atoms with Gasteiger partial charge in [0.1, 0.15) is 22.7 Å². The molecule has 0 saturated carbocycles. The number of nitrogens with zero attached hydrogens (tertiary/aromatic N) is 3. The standard InChI is InChI=1S/C11H17BrN6O2/c1-7(11(19)18-2-4-20-5-3-18)16-9-8(12)10(17-13)15-6-14-9/h6-7H,2-5,13H2,1H3,(H2,14,15,16,17). The maximum Gasteiger partial charge on any atom is 0.244 e. The number of hydrazine groups is 1. The van der Waals surface area contributed by atoms with Gasteiger partial charge in [0, 0.05) is 13.1 Å².